The topological polar surface area (TPSA) is 68.9 Å². The molecule has 0 aliphatic heterocycles. The number of aliphatic hydroxyl groups excluding tert-OH is 1. The predicted molar refractivity (Wildman–Crippen MR) is 67.3 cm³/mol. The van der Waals surface area contributed by atoms with Gasteiger partial charge in [0.2, 0.25) is 0 Å². The molecule has 0 atom stereocenters. The molecule has 0 aliphatic rings. The van der Waals surface area contributed by atoms with Crippen molar-refractivity contribution in [2.75, 3.05) is 7.11 Å². The van der Waals surface area contributed by atoms with Crippen LogP contribution in [-0.4, -0.2) is 18.5 Å². The van der Waals surface area contributed by atoms with E-state index in [0.717, 1.165) is 5.56 Å². The van der Waals surface area contributed by atoms with Gasteiger partial charge >= 0.3 is 0 Å². The molecule has 0 unspecified atom stereocenters. The van der Waals surface area contributed by atoms with Crippen LogP contribution in [0.3, 0.4) is 0 Å². The fourth-order valence-corrected chi connectivity index (χ4v) is 1.61. The summed E-state index contributed by atoms with van der Waals surface area (Å²) >= 11 is 0. The zero-order valence-corrected chi connectivity index (χ0v) is 10.5. The van der Waals surface area contributed by atoms with Crippen LogP contribution in [0.15, 0.2) is 34.7 Å². The Kier molecular flexibility index (Phi) is 4.20. The fraction of sp³-hybridized carbons (Fsp3) is 0.214. The lowest BCUT2D eigenvalue weighted by Crippen LogP contribution is -1.97. The van der Waals surface area contributed by atoms with Crippen LogP contribution in [0.1, 0.15) is 21.9 Å². The van der Waals surface area contributed by atoms with Crippen LogP contribution in [0.25, 0.3) is 0 Å². The molecule has 5 nitrogen and oxygen atoms in total. The zero-order valence-electron chi connectivity index (χ0n) is 10.5. The molecule has 1 N–H and O–H groups in total. The van der Waals surface area contributed by atoms with Crippen LogP contribution >= 0.6 is 0 Å². The summed E-state index contributed by atoms with van der Waals surface area (Å²) < 4.78 is 15.9. The SMILES string of the molecule is COc1cc(CO)ccc1OCc1ccc(C=O)o1. The molecule has 0 aliphatic carbocycles. The molecule has 1 heterocycles. The molecule has 0 spiro atoms. The van der Waals surface area contributed by atoms with E-state index in [-0.39, 0.29) is 19.0 Å². The highest BCUT2D eigenvalue weighted by molar-refractivity contribution is 5.70. The highest BCUT2D eigenvalue weighted by atomic mass is 16.5. The van der Waals surface area contributed by atoms with Crippen molar-refractivity contribution in [2.24, 2.45) is 0 Å². The van der Waals surface area contributed by atoms with Crippen LogP contribution < -0.4 is 9.47 Å². The smallest absolute Gasteiger partial charge is 0.185 e. The first kappa shape index (κ1) is 13.2. The summed E-state index contributed by atoms with van der Waals surface area (Å²) in [5, 5.41) is 9.04. The number of hydrogen-bond acceptors (Lipinski definition) is 5. The van der Waals surface area contributed by atoms with Gasteiger partial charge in [-0.15, -0.1) is 0 Å². The molecule has 0 amide bonds. The molecule has 0 radical (unpaired) electrons. The lowest BCUT2D eigenvalue weighted by atomic mass is 10.2. The normalized spacial score (nSPS) is 10.2. The summed E-state index contributed by atoms with van der Waals surface area (Å²) in [5.41, 5.74) is 0.741. The van der Waals surface area contributed by atoms with Crippen LogP contribution in [0.5, 0.6) is 11.5 Å². The summed E-state index contributed by atoms with van der Waals surface area (Å²) in [6, 6.07) is 8.43. The summed E-state index contributed by atoms with van der Waals surface area (Å²) in [6.45, 7) is 0.139. The summed E-state index contributed by atoms with van der Waals surface area (Å²) in [7, 11) is 1.53. The highest BCUT2D eigenvalue weighted by Crippen LogP contribution is 2.28. The Bertz CT molecular complexity index is 559. The van der Waals surface area contributed by atoms with Gasteiger partial charge in [0, 0.05) is 0 Å². The van der Waals surface area contributed by atoms with Crippen LogP contribution in [0.4, 0.5) is 0 Å². The quantitative estimate of drug-likeness (QED) is 0.808. The third kappa shape index (κ3) is 3.14. The molecular weight excluding hydrogens is 248 g/mol. The number of carbonyl (C=O) groups is 1. The Hall–Kier alpha value is -2.27. The summed E-state index contributed by atoms with van der Waals surface area (Å²) in [4.78, 5) is 10.5. The van der Waals surface area contributed by atoms with E-state index in [0.29, 0.717) is 23.5 Å². The average molecular weight is 262 g/mol. The lowest BCUT2D eigenvalue weighted by molar-refractivity contribution is 0.109. The molecule has 0 saturated carbocycles. The Balaban J connectivity index is 2.08. The molecule has 2 aromatic rings. The second kappa shape index (κ2) is 6.06. The van der Waals surface area contributed by atoms with E-state index in [1.807, 2.05) is 0 Å². The van der Waals surface area contributed by atoms with Crippen molar-refractivity contribution in [2.45, 2.75) is 13.2 Å². The number of aliphatic hydroxyl groups is 1. The minimum Gasteiger partial charge on any atom is -0.493 e. The molecular formula is C14H14O5. The second-order valence-electron chi connectivity index (χ2n) is 3.85. The van der Waals surface area contributed by atoms with E-state index in [1.54, 1.807) is 30.3 Å². The summed E-state index contributed by atoms with van der Waals surface area (Å²) in [5.74, 6) is 1.90. The molecule has 5 heteroatoms. The van der Waals surface area contributed by atoms with E-state index in [2.05, 4.69) is 0 Å². The van der Waals surface area contributed by atoms with E-state index in [9.17, 15) is 4.79 Å². The Labute approximate surface area is 110 Å². The van der Waals surface area contributed by atoms with Crippen molar-refractivity contribution >= 4 is 6.29 Å². The number of ether oxygens (including phenoxy) is 2. The fourth-order valence-electron chi connectivity index (χ4n) is 1.61. The molecule has 0 bridgehead atoms. The van der Waals surface area contributed by atoms with Crippen molar-refractivity contribution in [1.29, 1.82) is 0 Å². The molecule has 0 saturated heterocycles. The van der Waals surface area contributed by atoms with Crippen LogP contribution in [-0.2, 0) is 13.2 Å². The first-order chi connectivity index (χ1) is 9.26. The first-order valence-corrected chi connectivity index (χ1v) is 5.71. The monoisotopic (exact) mass is 262 g/mol. The molecule has 1 aromatic carbocycles. The Morgan fingerprint density at radius 1 is 1.26 bits per heavy atom. The zero-order chi connectivity index (χ0) is 13.7. The molecule has 19 heavy (non-hydrogen) atoms. The standard InChI is InChI=1S/C14H14O5/c1-17-14-6-10(7-15)2-5-13(14)18-9-12-4-3-11(8-16)19-12/h2-6,8,15H,7,9H2,1H3. The summed E-state index contributed by atoms with van der Waals surface area (Å²) in [6.07, 6.45) is 0.639. The number of aldehydes is 1. The molecule has 1 aromatic heterocycles. The maximum atomic E-state index is 10.5. The van der Waals surface area contributed by atoms with Gasteiger partial charge in [0.05, 0.1) is 13.7 Å². The van der Waals surface area contributed by atoms with Crippen molar-refractivity contribution in [3.05, 3.63) is 47.4 Å². The van der Waals surface area contributed by atoms with Crippen molar-refractivity contribution < 1.29 is 23.8 Å². The average Bonchev–Trinajstić information content (AvgIpc) is 2.92. The van der Waals surface area contributed by atoms with Gasteiger partial charge in [-0.25, -0.2) is 0 Å². The first-order valence-electron chi connectivity index (χ1n) is 5.71. The van der Waals surface area contributed by atoms with Crippen molar-refractivity contribution in [3.63, 3.8) is 0 Å². The van der Waals surface area contributed by atoms with E-state index < -0.39 is 0 Å². The predicted octanol–water partition coefficient (Wildman–Crippen LogP) is 2.17. The number of benzene rings is 1. The number of hydrogen-bond donors (Lipinski definition) is 1. The third-order valence-corrected chi connectivity index (χ3v) is 2.58. The Morgan fingerprint density at radius 2 is 2.11 bits per heavy atom. The maximum absolute atomic E-state index is 10.5. The van der Waals surface area contributed by atoms with Gasteiger partial charge in [0.25, 0.3) is 0 Å². The number of carbonyl (C=O) groups excluding carboxylic acids is 1. The van der Waals surface area contributed by atoms with Crippen molar-refractivity contribution in [3.8, 4) is 11.5 Å². The molecule has 0 fully saturated rings. The number of rotatable bonds is 6. The van der Waals surface area contributed by atoms with E-state index in [1.165, 1.54) is 7.11 Å². The van der Waals surface area contributed by atoms with Gasteiger partial charge in [0.1, 0.15) is 12.4 Å². The third-order valence-electron chi connectivity index (χ3n) is 2.58. The Morgan fingerprint density at radius 3 is 2.74 bits per heavy atom. The van der Waals surface area contributed by atoms with Gasteiger partial charge in [-0.1, -0.05) is 6.07 Å². The van der Waals surface area contributed by atoms with E-state index in [4.69, 9.17) is 19.0 Å². The lowest BCUT2D eigenvalue weighted by Gasteiger charge is -2.10. The second-order valence-corrected chi connectivity index (χ2v) is 3.85. The minimum absolute atomic E-state index is 0.0580. The number of methoxy groups -OCH3 is 1. The number of furan rings is 1. The highest BCUT2D eigenvalue weighted by Gasteiger charge is 2.07. The van der Waals surface area contributed by atoms with Crippen molar-refractivity contribution in [1.82, 2.24) is 0 Å². The van der Waals surface area contributed by atoms with Gasteiger partial charge in [-0.05, 0) is 29.8 Å². The van der Waals surface area contributed by atoms with Crippen LogP contribution in [0, 0.1) is 0 Å². The van der Waals surface area contributed by atoms with Gasteiger partial charge in [0.15, 0.2) is 23.5 Å². The molecule has 100 valence electrons. The van der Waals surface area contributed by atoms with Gasteiger partial charge in [-0.3, -0.25) is 4.79 Å². The minimum atomic E-state index is -0.0580. The molecule has 2 rings (SSSR count). The van der Waals surface area contributed by atoms with Gasteiger partial charge in [-0.2, -0.15) is 0 Å². The largest absolute Gasteiger partial charge is 0.493 e. The van der Waals surface area contributed by atoms with E-state index >= 15 is 0 Å². The van der Waals surface area contributed by atoms with Gasteiger partial charge < -0.3 is 19.0 Å². The van der Waals surface area contributed by atoms with Crippen LogP contribution in [0.2, 0.25) is 0 Å². The maximum Gasteiger partial charge on any atom is 0.185 e.